The van der Waals surface area contributed by atoms with Gasteiger partial charge in [-0.15, -0.1) is 0 Å². The van der Waals surface area contributed by atoms with Gasteiger partial charge in [0.2, 0.25) is 11.8 Å². The third kappa shape index (κ3) is 2.85. The maximum atomic E-state index is 12.3. The zero-order valence-electron chi connectivity index (χ0n) is 11.3. The Morgan fingerprint density at radius 1 is 1.28 bits per heavy atom. The lowest BCUT2D eigenvalue weighted by atomic mass is 9.69. The van der Waals surface area contributed by atoms with Crippen LogP contribution in [0.2, 0.25) is 0 Å². The van der Waals surface area contributed by atoms with Gasteiger partial charge in [0.15, 0.2) is 0 Å². The number of rotatable bonds is 4. The molecule has 0 unspecified atom stereocenters. The van der Waals surface area contributed by atoms with E-state index in [1.54, 1.807) is 0 Å². The smallest absolute Gasteiger partial charge is 0.228 e. The average molecular weight is 252 g/mol. The Hall–Kier alpha value is -1.06. The molecular weight excluding hydrogens is 228 g/mol. The van der Waals surface area contributed by atoms with E-state index in [4.69, 9.17) is 5.73 Å². The Kier molecular flexibility index (Phi) is 3.93. The first-order valence-corrected chi connectivity index (χ1v) is 7.09. The van der Waals surface area contributed by atoms with E-state index in [0.29, 0.717) is 18.2 Å². The van der Waals surface area contributed by atoms with Crippen molar-refractivity contribution in [2.45, 2.75) is 51.9 Å². The van der Waals surface area contributed by atoms with Crippen LogP contribution >= 0.6 is 0 Å². The molecule has 0 radical (unpaired) electrons. The van der Waals surface area contributed by atoms with Gasteiger partial charge in [0, 0.05) is 24.9 Å². The Balaban J connectivity index is 1.76. The minimum Gasteiger partial charge on any atom is -0.370 e. The number of primary amides is 1. The molecule has 2 N–H and O–H groups in total. The molecule has 1 saturated heterocycles. The molecule has 102 valence electrons. The van der Waals surface area contributed by atoms with Crippen molar-refractivity contribution in [2.75, 3.05) is 13.1 Å². The van der Waals surface area contributed by atoms with Crippen LogP contribution in [0.1, 0.15) is 51.9 Å². The van der Waals surface area contributed by atoms with E-state index in [0.717, 1.165) is 45.2 Å². The van der Waals surface area contributed by atoms with Gasteiger partial charge in [0.1, 0.15) is 0 Å². The zero-order valence-corrected chi connectivity index (χ0v) is 11.3. The number of nitrogens with two attached hydrogens (primary N) is 1. The predicted octanol–water partition coefficient (Wildman–Crippen LogP) is 1.68. The summed E-state index contributed by atoms with van der Waals surface area (Å²) >= 11 is 0. The minimum absolute atomic E-state index is 0.0694. The molecule has 1 heterocycles. The molecule has 2 amide bonds. The summed E-state index contributed by atoms with van der Waals surface area (Å²) in [5.74, 6) is 0.702. The number of likely N-dealkylation sites (tertiary alicyclic amines) is 1. The van der Waals surface area contributed by atoms with E-state index in [2.05, 4.69) is 6.92 Å². The number of nitrogens with zero attached hydrogens (tertiary/aromatic N) is 1. The summed E-state index contributed by atoms with van der Waals surface area (Å²) in [5, 5.41) is 0. The number of hydrogen-bond donors (Lipinski definition) is 1. The predicted molar refractivity (Wildman–Crippen MR) is 69.7 cm³/mol. The monoisotopic (exact) mass is 252 g/mol. The molecule has 2 rings (SSSR count). The first kappa shape index (κ1) is 13.4. The Morgan fingerprint density at radius 3 is 2.33 bits per heavy atom. The van der Waals surface area contributed by atoms with E-state index in [1.807, 2.05) is 4.90 Å². The first-order valence-electron chi connectivity index (χ1n) is 7.09. The fraction of sp³-hybridized carbons (Fsp3) is 0.857. The highest BCUT2D eigenvalue weighted by Gasteiger charge is 2.42. The lowest BCUT2D eigenvalue weighted by Crippen LogP contribution is -2.49. The van der Waals surface area contributed by atoms with Gasteiger partial charge in [0.25, 0.3) is 0 Å². The SMILES string of the molecule is CC1(C(=O)N2CCC(CCC(N)=O)CC2)CCC1. The fourth-order valence-corrected chi connectivity index (χ4v) is 3.07. The Labute approximate surface area is 109 Å². The highest BCUT2D eigenvalue weighted by molar-refractivity contribution is 5.83. The maximum Gasteiger partial charge on any atom is 0.228 e. The summed E-state index contributed by atoms with van der Waals surface area (Å²) < 4.78 is 0. The minimum atomic E-state index is -0.213. The van der Waals surface area contributed by atoms with Gasteiger partial charge in [-0.3, -0.25) is 9.59 Å². The van der Waals surface area contributed by atoms with Crippen LogP contribution in [-0.2, 0) is 9.59 Å². The average Bonchev–Trinajstić information content (AvgIpc) is 2.33. The van der Waals surface area contributed by atoms with Crippen LogP contribution in [0.5, 0.6) is 0 Å². The van der Waals surface area contributed by atoms with Crippen LogP contribution in [0.3, 0.4) is 0 Å². The molecule has 0 atom stereocenters. The van der Waals surface area contributed by atoms with Crippen molar-refractivity contribution in [3.63, 3.8) is 0 Å². The number of carbonyl (C=O) groups is 2. The second-order valence-corrected chi connectivity index (χ2v) is 6.15. The molecule has 1 aliphatic carbocycles. The summed E-state index contributed by atoms with van der Waals surface area (Å²) in [7, 11) is 0. The molecule has 0 aromatic rings. The van der Waals surface area contributed by atoms with Crippen molar-refractivity contribution in [3.05, 3.63) is 0 Å². The highest BCUT2D eigenvalue weighted by Crippen LogP contribution is 2.42. The topological polar surface area (TPSA) is 63.4 Å². The first-order chi connectivity index (χ1) is 8.51. The third-order valence-corrected chi connectivity index (χ3v) is 4.67. The van der Waals surface area contributed by atoms with Crippen LogP contribution in [0, 0.1) is 11.3 Å². The van der Waals surface area contributed by atoms with Crippen molar-refractivity contribution >= 4 is 11.8 Å². The summed E-state index contributed by atoms with van der Waals surface area (Å²) in [6.45, 7) is 3.81. The summed E-state index contributed by atoms with van der Waals surface area (Å²) in [5.41, 5.74) is 5.10. The van der Waals surface area contributed by atoms with Gasteiger partial charge < -0.3 is 10.6 Å². The standard InChI is InChI=1S/C14H24N2O2/c1-14(7-2-8-14)13(18)16-9-5-11(6-10-16)3-4-12(15)17/h11H,2-10H2,1H3,(H2,15,17). The van der Waals surface area contributed by atoms with E-state index in [1.165, 1.54) is 6.42 Å². The number of carbonyl (C=O) groups excluding carboxylic acids is 2. The van der Waals surface area contributed by atoms with Crippen LogP contribution in [0.25, 0.3) is 0 Å². The van der Waals surface area contributed by atoms with Gasteiger partial charge in [-0.1, -0.05) is 13.3 Å². The van der Waals surface area contributed by atoms with E-state index in [9.17, 15) is 9.59 Å². The second-order valence-electron chi connectivity index (χ2n) is 6.15. The van der Waals surface area contributed by atoms with Crippen molar-refractivity contribution in [2.24, 2.45) is 17.1 Å². The lowest BCUT2D eigenvalue weighted by Gasteiger charge is -2.43. The molecule has 18 heavy (non-hydrogen) atoms. The molecule has 1 saturated carbocycles. The van der Waals surface area contributed by atoms with E-state index >= 15 is 0 Å². The van der Waals surface area contributed by atoms with E-state index < -0.39 is 0 Å². The number of hydrogen-bond acceptors (Lipinski definition) is 2. The number of piperidine rings is 1. The van der Waals surface area contributed by atoms with Crippen molar-refractivity contribution in [3.8, 4) is 0 Å². The molecule has 2 fully saturated rings. The molecule has 0 aromatic heterocycles. The number of amides is 2. The molecule has 0 bridgehead atoms. The fourth-order valence-electron chi connectivity index (χ4n) is 3.07. The quantitative estimate of drug-likeness (QED) is 0.827. The van der Waals surface area contributed by atoms with E-state index in [-0.39, 0.29) is 11.3 Å². The van der Waals surface area contributed by atoms with Gasteiger partial charge >= 0.3 is 0 Å². The Morgan fingerprint density at radius 2 is 1.89 bits per heavy atom. The van der Waals surface area contributed by atoms with Crippen LogP contribution in [0.15, 0.2) is 0 Å². The second kappa shape index (κ2) is 5.29. The van der Waals surface area contributed by atoms with Crippen molar-refractivity contribution < 1.29 is 9.59 Å². The zero-order chi connectivity index (χ0) is 13.2. The molecule has 2 aliphatic rings. The van der Waals surface area contributed by atoms with Crippen molar-refractivity contribution in [1.29, 1.82) is 0 Å². The maximum absolute atomic E-state index is 12.3. The van der Waals surface area contributed by atoms with Crippen LogP contribution < -0.4 is 5.73 Å². The summed E-state index contributed by atoms with van der Waals surface area (Å²) in [4.78, 5) is 25.1. The molecular formula is C14H24N2O2. The summed E-state index contributed by atoms with van der Waals surface area (Å²) in [6.07, 6.45) is 6.70. The normalized spacial score (nSPS) is 23.5. The third-order valence-electron chi connectivity index (χ3n) is 4.67. The van der Waals surface area contributed by atoms with Crippen LogP contribution in [0.4, 0.5) is 0 Å². The molecule has 4 nitrogen and oxygen atoms in total. The van der Waals surface area contributed by atoms with Crippen molar-refractivity contribution in [1.82, 2.24) is 4.90 Å². The highest BCUT2D eigenvalue weighted by atomic mass is 16.2. The molecule has 1 aliphatic heterocycles. The van der Waals surface area contributed by atoms with Gasteiger partial charge in [-0.05, 0) is 38.0 Å². The largest absolute Gasteiger partial charge is 0.370 e. The molecule has 0 aromatic carbocycles. The Bertz CT molecular complexity index is 329. The lowest BCUT2D eigenvalue weighted by molar-refractivity contribution is -0.147. The van der Waals surface area contributed by atoms with Gasteiger partial charge in [0.05, 0.1) is 0 Å². The molecule has 4 heteroatoms. The van der Waals surface area contributed by atoms with Crippen LogP contribution in [-0.4, -0.2) is 29.8 Å². The van der Waals surface area contributed by atoms with Gasteiger partial charge in [-0.2, -0.15) is 0 Å². The molecule has 0 spiro atoms. The summed E-state index contributed by atoms with van der Waals surface area (Å²) in [6, 6.07) is 0. The van der Waals surface area contributed by atoms with Gasteiger partial charge in [-0.25, -0.2) is 0 Å².